The predicted octanol–water partition coefficient (Wildman–Crippen LogP) is 2.55. The highest BCUT2D eigenvalue weighted by Gasteiger charge is 2.16. The van der Waals surface area contributed by atoms with E-state index in [9.17, 15) is 4.79 Å². The first-order valence-corrected chi connectivity index (χ1v) is 8.21. The number of methoxy groups -OCH3 is 1. The fourth-order valence-corrected chi connectivity index (χ4v) is 3.02. The number of hydrogen-bond acceptors (Lipinski definition) is 5. The van der Waals surface area contributed by atoms with E-state index in [4.69, 9.17) is 9.47 Å². The van der Waals surface area contributed by atoms with Gasteiger partial charge in [-0.3, -0.25) is 4.79 Å². The van der Waals surface area contributed by atoms with Crippen molar-refractivity contribution in [3.05, 3.63) is 46.7 Å². The Morgan fingerprint density at radius 2 is 1.91 bits per heavy atom. The Hall–Kier alpha value is -2.05. The highest BCUT2D eigenvalue weighted by Crippen LogP contribution is 2.22. The summed E-state index contributed by atoms with van der Waals surface area (Å²) >= 11 is 1.69. The number of benzene rings is 1. The molecule has 0 fully saturated rings. The summed E-state index contributed by atoms with van der Waals surface area (Å²) < 4.78 is 10.6. The second kappa shape index (κ2) is 8.55. The lowest BCUT2D eigenvalue weighted by molar-refractivity contribution is -0.123. The molecule has 1 atom stereocenters. The molecule has 0 radical (unpaired) electrons. The molecule has 1 aromatic carbocycles. The third kappa shape index (κ3) is 5.26. The molecule has 0 unspecified atom stereocenters. The summed E-state index contributed by atoms with van der Waals surface area (Å²) in [6.07, 6.45) is 0. The van der Waals surface area contributed by atoms with E-state index in [0.29, 0.717) is 12.3 Å². The van der Waals surface area contributed by atoms with Gasteiger partial charge in [0.15, 0.2) is 6.61 Å². The molecule has 1 aromatic heterocycles. The van der Waals surface area contributed by atoms with Crippen molar-refractivity contribution >= 4 is 17.2 Å². The second-order valence-electron chi connectivity index (χ2n) is 5.26. The van der Waals surface area contributed by atoms with E-state index < -0.39 is 0 Å². The van der Waals surface area contributed by atoms with Gasteiger partial charge in [-0.25, -0.2) is 0 Å². The van der Waals surface area contributed by atoms with Gasteiger partial charge in [-0.15, -0.1) is 11.3 Å². The van der Waals surface area contributed by atoms with Gasteiger partial charge >= 0.3 is 0 Å². The van der Waals surface area contributed by atoms with Crippen LogP contribution < -0.4 is 14.8 Å². The summed E-state index contributed by atoms with van der Waals surface area (Å²) in [6.45, 7) is 0.551. The molecule has 0 saturated carbocycles. The van der Waals surface area contributed by atoms with E-state index >= 15 is 0 Å². The SMILES string of the molecule is COc1ccc(OCC(=O)NC[C@H](c2cccs2)N(C)C)cc1. The number of ether oxygens (including phenoxy) is 2. The van der Waals surface area contributed by atoms with Gasteiger partial charge in [-0.1, -0.05) is 6.07 Å². The van der Waals surface area contributed by atoms with Crippen LogP contribution in [-0.2, 0) is 4.79 Å². The monoisotopic (exact) mass is 334 g/mol. The standard InChI is InChI=1S/C17H22N2O3S/c1-19(2)15(16-5-4-10-23-16)11-18-17(20)12-22-14-8-6-13(21-3)7-9-14/h4-10,15H,11-12H2,1-3H3,(H,18,20)/t15-/m1/s1. The van der Waals surface area contributed by atoms with Crippen molar-refractivity contribution in [2.45, 2.75) is 6.04 Å². The summed E-state index contributed by atoms with van der Waals surface area (Å²) in [5.41, 5.74) is 0. The minimum atomic E-state index is -0.135. The zero-order valence-electron chi connectivity index (χ0n) is 13.6. The first-order chi connectivity index (χ1) is 11.1. The van der Waals surface area contributed by atoms with Crippen LogP contribution in [0.25, 0.3) is 0 Å². The summed E-state index contributed by atoms with van der Waals surface area (Å²) in [5.74, 6) is 1.26. The lowest BCUT2D eigenvalue weighted by Crippen LogP contribution is -2.36. The molecule has 0 spiro atoms. The van der Waals surface area contributed by atoms with E-state index in [1.807, 2.05) is 25.5 Å². The normalized spacial score (nSPS) is 12.0. The van der Waals surface area contributed by atoms with Gasteiger partial charge in [-0.05, 0) is 49.8 Å². The minimum Gasteiger partial charge on any atom is -0.497 e. The number of carbonyl (C=O) groups is 1. The lowest BCUT2D eigenvalue weighted by Gasteiger charge is -2.23. The number of amides is 1. The number of thiophene rings is 1. The molecule has 5 nitrogen and oxygen atoms in total. The number of hydrogen-bond donors (Lipinski definition) is 1. The van der Waals surface area contributed by atoms with Crippen LogP contribution in [0, 0.1) is 0 Å². The van der Waals surface area contributed by atoms with Gasteiger partial charge in [0.1, 0.15) is 11.5 Å². The number of nitrogens with zero attached hydrogens (tertiary/aromatic N) is 1. The van der Waals surface area contributed by atoms with Gasteiger partial charge in [-0.2, -0.15) is 0 Å². The Bertz CT molecular complexity index is 597. The highest BCUT2D eigenvalue weighted by molar-refractivity contribution is 7.10. The van der Waals surface area contributed by atoms with Crippen LogP contribution in [0.5, 0.6) is 11.5 Å². The molecule has 0 bridgehead atoms. The molecule has 1 N–H and O–H groups in total. The Labute approximate surface area is 140 Å². The van der Waals surface area contributed by atoms with Gasteiger partial charge in [0, 0.05) is 11.4 Å². The maximum Gasteiger partial charge on any atom is 0.258 e. The van der Waals surface area contributed by atoms with Crippen LogP contribution >= 0.6 is 11.3 Å². The Morgan fingerprint density at radius 3 is 2.48 bits per heavy atom. The summed E-state index contributed by atoms with van der Waals surface area (Å²) in [6, 6.07) is 11.4. The minimum absolute atomic E-state index is 0.00306. The number of carbonyl (C=O) groups excluding carboxylic acids is 1. The van der Waals surface area contributed by atoms with Crippen molar-refractivity contribution in [3.63, 3.8) is 0 Å². The summed E-state index contributed by atoms with van der Waals surface area (Å²) in [7, 11) is 5.62. The average molecular weight is 334 g/mol. The lowest BCUT2D eigenvalue weighted by atomic mass is 10.2. The first-order valence-electron chi connectivity index (χ1n) is 7.33. The van der Waals surface area contributed by atoms with Gasteiger partial charge < -0.3 is 19.7 Å². The number of likely N-dealkylation sites (N-methyl/N-ethyl adjacent to an activating group) is 1. The smallest absolute Gasteiger partial charge is 0.258 e. The summed E-state index contributed by atoms with van der Waals surface area (Å²) in [4.78, 5) is 15.3. The molecular formula is C17H22N2O3S. The van der Waals surface area contributed by atoms with Crippen LogP contribution in [-0.4, -0.2) is 45.2 Å². The Kier molecular flexibility index (Phi) is 6.43. The molecule has 23 heavy (non-hydrogen) atoms. The molecule has 1 heterocycles. The largest absolute Gasteiger partial charge is 0.497 e. The topological polar surface area (TPSA) is 50.8 Å². The molecule has 0 saturated heterocycles. The molecule has 1 amide bonds. The number of nitrogens with one attached hydrogen (secondary N) is 1. The first kappa shape index (κ1) is 17.3. The van der Waals surface area contributed by atoms with E-state index in [2.05, 4.69) is 16.3 Å². The highest BCUT2D eigenvalue weighted by atomic mass is 32.1. The molecule has 6 heteroatoms. The van der Waals surface area contributed by atoms with Crippen LogP contribution in [0.3, 0.4) is 0 Å². The van der Waals surface area contributed by atoms with Crippen LogP contribution in [0.2, 0.25) is 0 Å². The predicted molar refractivity (Wildman–Crippen MR) is 92.2 cm³/mol. The van der Waals surface area contributed by atoms with E-state index in [0.717, 1.165) is 5.75 Å². The second-order valence-corrected chi connectivity index (χ2v) is 6.24. The maximum absolute atomic E-state index is 12.0. The van der Waals surface area contributed by atoms with Crippen molar-refractivity contribution in [1.82, 2.24) is 10.2 Å². The van der Waals surface area contributed by atoms with E-state index in [-0.39, 0.29) is 18.6 Å². The molecule has 124 valence electrons. The zero-order chi connectivity index (χ0) is 16.7. The maximum atomic E-state index is 12.0. The van der Waals surface area contributed by atoms with Crippen molar-refractivity contribution in [3.8, 4) is 11.5 Å². The fraction of sp³-hybridized carbons (Fsp3) is 0.353. The van der Waals surface area contributed by atoms with E-state index in [1.165, 1.54) is 4.88 Å². The van der Waals surface area contributed by atoms with Gasteiger partial charge in [0.25, 0.3) is 5.91 Å². The molecule has 2 aromatic rings. The third-order valence-electron chi connectivity index (χ3n) is 3.42. The van der Waals surface area contributed by atoms with Crippen LogP contribution in [0.15, 0.2) is 41.8 Å². The molecule has 0 aliphatic heterocycles. The zero-order valence-corrected chi connectivity index (χ0v) is 14.4. The van der Waals surface area contributed by atoms with Crippen LogP contribution in [0.1, 0.15) is 10.9 Å². The fourth-order valence-electron chi connectivity index (χ4n) is 2.10. The molecule has 0 aliphatic rings. The quantitative estimate of drug-likeness (QED) is 0.806. The van der Waals surface area contributed by atoms with Gasteiger partial charge in [0.05, 0.1) is 13.2 Å². The molecule has 0 aliphatic carbocycles. The summed E-state index contributed by atoms with van der Waals surface area (Å²) in [5, 5.41) is 4.96. The van der Waals surface area contributed by atoms with Crippen molar-refractivity contribution in [2.24, 2.45) is 0 Å². The third-order valence-corrected chi connectivity index (χ3v) is 4.39. The van der Waals surface area contributed by atoms with E-state index in [1.54, 1.807) is 42.7 Å². The Balaban J connectivity index is 1.79. The average Bonchev–Trinajstić information content (AvgIpc) is 3.07. The van der Waals surface area contributed by atoms with Crippen molar-refractivity contribution in [1.29, 1.82) is 0 Å². The van der Waals surface area contributed by atoms with Crippen molar-refractivity contribution < 1.29 is 14.3 Å². The molecule has 2 rings (SSSR count). The molecular weight excluding hydrogens is 312 g/mol. The van der Waals surface area contributed by atoms with Crippen molar-refractivity contribution in [2.75, 3.05) is 34.4 Å². The Morgan fingerprint density at radius 1 is 1.22 bits per heavy atom. The van der Waals surface area contributed by atoms with Gasteiger partial charge in [0.2, 0.25) is 0 Å². The van der Waals surface area contributed by atoms with Crippen LogP contribution in [0.4, 0.5) is 0 Å². The number of rotatable bonds is 8.